The first-order valence-corrected chi connectivity index (χ1v) is 9.40. The molecular formula is C12H12N4O4S3. The molecule has 0 radical (unpaired) electrons. The van der Waals surface area contributed by atoms with Crippen LogP contribution in [-0.4, -0.2) is 61.4 Å². The molecule has 2 aliphatic rings. The fourth-order valence-electron chi connectivity index (χ4n) is 2.37. The molecule has 2 aliphatic heterocycles. The zero-order valence-corrected chi connectivity index (χ0v) is 14.3. The van der Waals surface area contributed by atoms with E-state index in [9.17, 15) is 19.5 Å². The number of aliphatic carboxylic acids is 1. The quantitative estimate of drug-likeness (QED) is 0.417. The van der Waals surface area contributed by atoms with E-state index in [1.54, 1.807) is 0 Å². The van der Waals surface area contributed by atoms with E-state index >= 15 is 0 Å². The smallest absolute Gasteiger partial charge is 0.352 e. The molecule has 3 rings (SSSR count). The first-order chi connectivity index (χ1) is 11.0. The number of β-lactam (4-membered cyclic amide) rings is 1. The molecule has 1 saturated heterocycles. The fraction of sp³-hybridized carbons (Fsp3) is 0.417. The minimum absolute atomic E-state index is 0.0245. The Morgan fingerprint density at radius 3 is 2.96 bits per heavy atom. The van der Waals surface area contributed by atoms with Gasteiger partial charge in [-0.15, -0.1) is 22.0 Å². The second kappa shape index (κ2) is 6.49. The van der Waals surface area contributed by atoms with Gasteiger partial charge in [0.15, 0.2) is 4.34 Å². The summed E-state index contributed by atoms with van der Waals surface area (Å²) in [6.07, 6.45) is 0.466. The average molecular weight is 372 g/mol. The van der Waals surface area contributed by atoms with Crippen LogP contribution in [0, 0.1) is 6.92 Å². The van der Waals surface area contributed by atoms with Gasteiger partial charge >= 0.3 is 5.97 Å². The van der Waals surface area contributed by atoms with Gasteiger partial charge in [-0.3, -0.25) is 14.5 Å². The lowest BCUT2D eigenvalue weighted by Gasteiger charge is -2.49. The number of amides is 2. The van der Waals surface area contributed by atoms with Gasteiger partial charge in [-0.05, 0) is 12.5 Å². The third-order valence-electron chi connectivity index (χ3n) is 3.37. The molecule has 0 aromatic carbocycles. The zero-order chi connectivity index (χ0) is 16.6. The lowest BCUT2D eigenvalue weighted by atomic mass is 10.0. The number of fused-ring (bicyclic) bond motifs is 1. The van der Waals surface area contributed by atoms with Crippen LogP contribution < -0.4 is 5.32 Å². The molecule has 122 valence electrons. The van der Waals surface area contributed by atoms with E-state index in [-0.39, 0.29) is 17.0 Å². The SMILES string of the molecule is Cc1nnc(SCC2=C(C(=O)O)N3C(=O)[C@@H](NC=O)[C@@H]3SC2)s1. The molecule has 0 saturated carbocycles. The fourth-order valence-corrected chi connectivity index (χ4v) is 5.68. The van der Waals surface area contributed by atoms with E-state index in [2.05, 4.69) is 15.5 Å². The summed E-state index contributed by atoms with van der Waals surface area (Å²) in [6.45, 7) is 1.85. The van der Waals surface area contributed by atoms with Crippen molar-refractivity contribution >= 4 is 53.1 Å². The van der Waals surface area contributed by atoms with Crippen LogP contribution in [0.15, 0.2) is 15.6 Å². The Kier molecular flexibility index (Phi) is 4.60. The number of carboxylic acid groups (broad SMARTS) is 1. The third-order valence-corrected chi connectivity index (χ3v) is 6.77. The summed E-state index contributed by atoms with van der Waals surface area (Å²) in [5, 5.41) is 20.3. The van der Waals surface area contributed by atoms with Crippen molar-refractivity contribution in [2.75, 3.05) is 11.5 Å². The summed E-state index contributed by atoms with van der Waals surface area (Å²) >= 11 is 4.30. The Labute approximate surface area is 143 Å². The van der Waals surface area contributed by atoms with E-state index in [0.29, 0.717) is 23.5 Å². The normalized spacial score (nSPS) is 23.3. The largest absolute Gasteiger partial charge is 0.477 e. The standard InChI is InChI=1S/C12H12N4O4S3/c1-5-14-15-12(23-5)22-3-6-2-21-10-7(13-4-17)9(18)16(10)8(6)11(19)20/h4,7,10H,2-3H2,1H3,(H,13,17)(H,19,20)/t7-,10+/m1/s1. The highest BCUT2D eigenvalue weighted by atomic mass is 32.2. The molecule has 8 nitrogen and oxygen atoms in total. The van der Waals surface area contributed by atoms with Gasteiger partial charge in [-0.1, -0.05) is 23.1 Å². The number of rotatable bonds is 6. The van der Waals surface area contributed by atoms with Crippen molar-refractivity contribution in [2.24, 2.45) is 0 Å². The maximum absolute atomic E-state index is 12.1. The van der Waals surface area contributed by atoms with E-state index < -0.39 is 12.0 Å². The Bertz CT molecular complexity index is 704. The molecule has 0 aliphatic carbocycles. The molecule has 23 heavy (non-hydrogen) atoms. The van der Waals surface area contributed by atoms with Gasteiger partial charge in [0.2, 0.25) is 6.41 Å². The van der Waals surface area contributed by atoms with E-state index in [1.165, 1.54) is 39.8 Å². The highest BCUT2D eigenvalue weighted by molar-refractivity contribution is 8.01. The molecule has 0 bridgehead atoms. The maximum atomic E-state index is 12.1. The average Bonchev–Trinajstić information content (AvgIpc) is 2.94. The highest BCUT2D eigenvalue weighted by Crippen LogP contribution is 2.41. The molecule has 0 spiro atoms. The number of nitrogens with one attached hydrogen (secondary N) is 1. The van der Waals surface area contributed by atoms with E-state index in [1.807, 2.05) is 6.92 Å². The molecule has 11 heteroatoms. The number of carbonyl (C=O) groups excluding carboxylic acids is 2. The summed E-state index contributed by atoms with van der Waals surface area (Å²) in [6, 6.07) is -0.646. The minimum Gasteiger partial charge on any atom is -0.477 e. The number of aryl methyl sites for hydroxylation is 1. The number of thioether (sulfide) groups is 2. The molecule has 1 aromatic rings. The molecule has 3 heterocycles. The topological polar surface area (TPSA) is 112 Å². The van der Waals surface area contributed by atoms with Crippen LogP contribution in [0.25, 0.3) is 0 Å². The lowest BCUT2D eigenvalue weighted by Crippen LogP contribution is -2.69. The third kappa shape index (κ3) is 2.95. The van der Waals surface area contributed by atoms with Crippen molar-refractivity contribution in [3.63, 3.8) is 0 Å². The number of aromatic nitrogens is 2. The zero-order valence-electron chi connectivity index (χ0n) is 11.9. The number of hydrogen-bond acceptors (Lipinski definition) is 8. The minimum atomic E-state index is -1.13. The van der Waals surface area contributed by atoms with Gasteiger partial charge in [0.05, 0.1) is 0 Å². The van der Waals surface area contributed by atoms with Crippen molar-refractivity contribution in [3.8, 4) is 0 Å². The Morgan fingerprint density at radius 2 is 2.35 bits per heavy atom. The lowest BCUT2D eigenvalue weighted by molar-refractivity contribution is -0.149. The predicted octanol–water partition coefficient (Wildman–Crippen LogP) is 0.307. The van der Waals surface area contributed by atoms with E-state index in [0.717, 1.165) is 9.35 Å². The van der Waals surface area contributed by atoms with Gasteiger partial charge in [0.1, 0.15) is 22.1 Å². The Hall–Kier alpha value is -1.59. The Balaban J connectivity index is 1.79. The Morgan fingerprint density at radius 1 is 1.57 bits per heavy atom. The van der Waals surface area contributed by atoms with Gasteiger partial charge < -0.3 is 10.4 Å². The first-order valence-electron chi connectivity index (χ1n) is 6.55. The molecule has 2 atom stereocenters. The van der Waals surface area contributed by atoms with Crippen molar-refractivity contribution in [3.05, 3.63) is 16.3 Å². The van der Waals surface area contributed by atoms with Crippen LogP contribution in [-0.2, 0) is 14.4 Å². The van der Waals surface area contributed by atoms with Crippen molar-refractivity contribution in [2.45, 2.75) is 22.7 Å². The van der Waals surface area contributed by atoms with Crippen molar-refractivity contribution < 1.29 is 19.5 Å². The predicted molar refractivity (Wildman–Crippen MR) is 86.1 cm³/mol. The highest BCUT2D eigenvalue weighted by Gasteiger charge is 2.53. The van der Waals surface area contributed by atoms with Crippen LogP contribution in [0.3, 0.4) is 0 Å². The molecule has 1 fully saturated rings. The molecule has 2 N–H and O–H groups in total. The second-order valence-corrected chi connectivity index (χ2v) is 8.31. The summed E-state index contributed by atoms with van der Waals surface area (Å²) in [5.41, 5.74) is 0.700. The second-order valence-electron chi connectivity index (χ2n) is 4.80. The first kappa shape index (κ1) is 16.3. The summed E-state index contributed by atoms with van der Waals surface area (Å²) in [4.78, 5) is 35.5. The summed E-state index contributed by atoms with van der Waals surface area (Å²) in [7, 11) is 0. The number of nitrogens with zero attached hydrogens (tertiary/aromatic N) is 3. The van der Waals surface area contributed by atoms with Crippen LogP contribution in [0.2, 0.25) is 0 Å². The van der Waals surface area contributed by atoms with Gasteiger partial charge in [0, 0.05) is 11.5 Å². The molecule has 2 amide bonds. The van der Waals surface area contributed by atoms with Crippen molar-refractivity contribution in [1.82, 2.24) is 20.4 Å². The van der Waals surface area contributed by atoms with Crippen LogP contribution in [0.4, 0.5) is 0 Å². The molecule has 0 unspecified atom stereocenters. The van der Waals surface area contributed by atoms with Gasteiger partial charge in [-0.25, -0.2) is 4.79 Å². The van der Waals surface area contributed by atoms with Crippen molar-refractivity contribution in [1.29, 1.82) is 0 Å². The number of carbonyl (C=O) groups is 3. The number of carboxylic acids is 1. The van der Waals surface area contributed by atoms with Crippen LogP contribution >= 0.6 is 34.9 Å². The molecular weight excluding hydrogens is 360 g/mol. The van der Waals surface area contributed by atoms with E-state index in [4.69, 9.17) is 0 Å². The summed E-state index contributed by atoms with van der Waals surface area (Å²) in [5.74, 6) is -0.582. The van der Waals surface area contributed by atoms with Gasteiger partial charge in [-0.2, -0.15) is 0 Å². The summed E-state index contributed by atoms with van der Waals surface area (Å²) < 4.78 is 0.766. The number of hydrogen-bond donors (Lipinski definition) is 2. The van der Waals surface area contributed by atoms with Gasteiger partial charge in [0.25, 0.3) is 5.91 Å². The van der Waals surface area contributed by atoms with Crippen LogP contribution in [0.5, 0.6) is 0 Å². The van der Waals surface area contributed by atoms with Crippen LogP contribution in [0.1, 0.15) is 5.01 Å². The molecule has 1 aromatic heterocycles. The monoisotopic (exact) mass is 372 g/mol. The maximum Gasteiger partial charge on any atom is 0.352 e.